The van der Waals surface area contributed by atoms with Gasteiger partial charge in [0.1, 0.15) is 5.82 Å². The first kappa shape index (κ1) is 15.8. The normalized spacial score (nSPS) is 18.2. The van der Waals surface area contributed by atoms with Crippen LogP contribution in [0.3, 0.4) is 0 Å². The van der Waals surface area contributed by atoms with Crippen molar-refractivity contribution < 1.29 is 18.0 Å². The molecule has 8 heteroatoms. The molecule has 1 N–H and O–H groups in total. The van der Waals surface area contributed by atoms with Crippen LogP contribution in [0.1, 0.15) is 22.3 Å². The molecule has 2 aromatic heterocycles. The maximum atomic E-state index is 12.5. The van der Waals surface area contributed by atoms with Crippen molar-refractivity contribution in [1.82, 2.24) is 10.3 Å². The van der Waals surface area contributed by atoms with E-state index in [1.807, 2.05) is 10.3 Å². The first-order valence-electron chi connectivity index (χ1n) is 7.05. The molecule has 1 amide bonds. The van der Waals surface area contributed by atoms with Gasteiger partial charge in [-0.3, -0.25) is 4.79 Å². The number of pyridine rings is 1. The topological polar surface area (TPSA) is 45.2 Å². The molecule has 1 saturated heterocycles. The number of aromatic nitrogens is 1. The van der Waals surface area contributed by atoms with Gasteiger partial charge in [-0.2, -0.15) is 24.5 Å². The molecule has 3 rings (SSSR count). The van der Waals surface area contributed by atoms with Gasteiger partial charge in [0.05, 0.1) is 5.56 Å². The highest BCUT2D eigenvalue weighted by molar-refractivity contribution is 7.08. The molecule has 2 aromatic rings. The van der Waals surface area contributed by atoms with Gasteiger partial charge in [-0.05, 0) is 30.0 Å². The summed E-state index contributed by atoms with van der Waals surface area (Å²) in [6, 6.07) is 4.11. The minimum absolute atomic E-state index is 0.0357. The molecule has 1 fully saturated rings. The summed E-state index contributed by atoms with van der Waals surface area (Å²) in [5.41, 5.74) is -0.135. The number of amides is 1. The zero-order valence-corrected chi connectivity index (χ0v) is 12.8. The Bertz CT molecular complexity index is 670. The third kappa shape index (κ3) is 3.64. The second kappa shape index (κ2) is 6.19. The number of nitrogens with zero attached hydrogens (tertiary/aromatic N) is 2. The van der Waals surface area contributed by atoms with E-state index >= 15 is 0 Å². The smallest absolute Gasteiger partial charge is 0.354 e. The molecule has 1 aliphatic heterocycles. The fourth-order valence-electron chi connectivity index (χ4n) is 2.49. The van der Waals surface area contributed by atoms with Gasteiger partial charge >= 0.3 is 6.18 Å². The van der Waals surface area contributed by atoms with Crippen LogP contribution in [0.25, 0.3) is 0 Å². The Kier molecular flexibility index (Phi) is 4.25. The van der Waals surface area contributed by atoms with E-state index in [0.717, 1.165) is 18.7 Å². The molecule has 0 spiro atoms. The maximum Gasteiger partial charge on any atom is 0.417 e. The van der Waals surface area contributed by atoms with Gasteiger partial charge in [0.2, 0.25) is 0 Å². The molecule has 3 heterocycles. The van der Waals surface area contributed by atoms with E-state index in [0.29, 0.717) is 24.5 Å². The Labute approximate surface area is 135 Å². The van der Waals surface area contributed by atoms with E-state index in [9.17, 15) is 18.0 Å². The summed E-state index contributed by atoms with van der Waals surface area (Å²) in [6.07, 6.45) is -2.81. The number of hydrogen-bond donors (Lipinski definition) is 1. The number of anilines is 1. The number of halogens is 3. The molecule has 0 aromatic carbocycles. The fraction of sp³-hybridized carbons (Fsp3) is 0.333. The van der Waals surface area contributed by atoms with Crippen LogP contribution >= 0.6 is 11.3 Å². The minimum Gasteiger partial charge on any atom is -0.354 e. The van der Waals surface area contributed by atoms with Crippen LogP contribution < -0.4 is 10.2 Å². The molecule has 0 radical (unpaired) electrons. The first-order chi connectivity index (χ1) is 10.9. The lowest BCUT2D eigenvalue weighted by Gasteiger charge is -2.18. The number of alkyl halides is 3. The highest BCUT2D eigenvalue weighted by atomic mass is 32.1. The van der Waals surface area contributed by atoms with Gasteiger partial charge < -0.3 is 10.2 Å². The van der Waals surface area contributed by atoms with E-state index in [-0.39, 0.29) is 11.9 Å². The Morgan fingerprint density at radius 2 is 2.17 bits per heavy atom. The van der Waals surface area contributed by atoms with Crippen LogP contribution in [0.4, 0.5) is 19.0 Å². The van der Waals surface area contributed by atoms with E-state index in [4.69, 9.17) is 0 Å². The van der Waals surface area contributed by atoms with Gasteiger partial charge in [0.15, 0.2) is 0 Å². The molecule has 0 saturated carbocycles. The SMILES string of the molecule is O=C(NC1CCN(c2ccc(C(F)(F)F)cn2)C1)c1ccsc1. The predicted octanol–water partition coefficient (Wildman–Crippen LogP) is 3.17. The monoisotopic (exact) mass is 341 g/mol. The maximum absolute atomic E-state index is 12.5. The second-order valence-electron chi connectivity index (χ2n) is 5.32. The number of rotatable bonds is 3. The van der Waals surface area contributed by atoms with E-state index in [1.165, 1.54) is 17.4 Å². The van der Waals surface area contributed by atoms with Crippen LogP contribution in [0, 0.1) is 0 Å². The third-order valence-corrected chi connectivity index (χ3v) is 4.39. The van der Waals surface area contributed by atoms with Crippen molar-refractivity contribution in [3.8, 4) is 0 Å². The van der Waals surface area contributed by atoms with Crippen molar-refractivity contribution in [3.63, 3.8) is 0 Å². The van der Waals surface area contributed by atoms with Gasteiger partial charge in [0.25, 0.3) is 5.91 Å². The average Bonchev–Trinajstić information content (AvgIpc) is 3.18. The number of nitrogens with one attached hydrogen (secondary N) is 1. The second-order valence-corrected chi connectivity index (χ2v) is 6.10. The van der Waals surface area contributed by atoms with Crippen molar-refractivity contribution in [3.05, 3.63) is 46.3 Å². The zero-order valence-electron chi connectivity index (χ0n) is 12.0. The Balaban J connectivity index is 1.60. The van der Waals surface area contributed by atoms with E-state index in [2.05, 4.69) is 10.3 Å². The van der Waals surface area contributed by atoms with Crippen LogP contribution in [0.2, 0.25) is 0 Å². The summed E-state index contributed by atoms with van der Waals surface area (Å²) in [6.45, 7) is 1.18. The lowest BCUT2D eigenvalue weighted by atomic mass is 10.2. The standard InChI is InChI=1S/C15H14F3N3OS/c16-15(17,18)11-1-2-13(19-7-11)21-5-3-12(8-21)20-14(22)10-4-6-23-9-10/h1-2,4,6-7,9,12H,3,5,8H2,(H,20,22). The van der Waals surface area contributed by atoms with Crippen LogP contribution in [-0.4, -0.2) is 30.0 Å². The molecule has 0 bridgehead atoms. The third-order valence-electron chi connectivity index (χ3n) is 3.71. The average molecular weight is 341 g/mol. The summed E-state index contributed by atoms with van der Waals surface area (Å²) in [7, 11) is 0. The van der Waals surface area contributed by atoms with Crippen molar-refractivity contribution in [1.29, 1.82) is 0 Å². The number of carbonyl (C=O) groups excluding carboxylic acids is 1. The van der Waals surface area contributed by atoms with Crippen LogP contribution in [0.5, 0.6) is 0 Å². The molecule has 1 unspecified atom stereocenters. The highest BCUT2D eigenvalue weighted by Crippen LogP contribution is 2.29. The Morgan fingerprint density at radius 1 is 1.35 bits per heavy atom. The van der Waals surface area contributed by atoms with Crippen LogP contribution in [0.15, 0.2) is 35.2 Å². The summed E-state index contributed by atoms with van der Waals surface area (Å²) in [5, 5.41) is 6.55. The Morgan fingerprint density at radius 3 is 2.78 bits per heavy atom. The molecule has 4 nitrogen and oxygen atoms in total. The van der Waals surface area contributed by atoms with Crippen molar-refractivity contribution in [2.75, 3.05) is 18.0 Å². The van der Waals surface area contributed by atoms with E-state index < -0.39 is 11.7 Å². The van der Waals surface area contributed by atoms with Crippen molar-refractivity contribution in [2.24, 2.45) is 0 Å². The predicted molar refractivity (Wildman–Crippen MR) is 81.6 cm³/mol. The van der Waals surface area contributed by atoms with E-state index in [1.54, 1.807) is 11.4 Å². The molecule has 23 heavy (non-hydrogen) atoms. The number of hydrogen-bond acceptors (Lipinski definition) is 4. The lowest BCUT2D eigenvalue weighted by molar-refractivity contribution is -0.137. The lowest BCUT2D eigenvalue weighted by Crippen LogP contribution is -2.37. The summed E-state index contributed by atoms with van der Waals surface area (Å²) in [4.78, 5) is 17.8. The summed E-state index contributed by atoms with van der Waals surface area (Å²) < 4.78 is 37.6. The molecule has 1 atom stereocenters. The van der Waals surface area contributed by atoms with Crippen LogP contribution in [-0.2, 0) is 6.18 Å². The van der Waals surface area contributed by atoms with Crippen molar-refractivity contribution >= 4 is 23.1 Å². The zero-order chi connectivity index (χ0) is 16.4. The molecular formula is C15H14F3N3OS. The summed E-state index contributed by atoms with van der Waals surface area (Å²) >= 11 is 1.45. The molecule has 0 aliphatic carbocycles. The Hall–Kier alpha value is -2.09. The number of carbonyl (C=O) groups is 1. The highest BCUT2D eigenvalue weighted by Gasteiger charge is 2.31. The largest absolute Gasteiger partial charge is 0.417 e. The van der Waals surface area contributed by atoms with Crippen molar-refractivity contribution in [2.45, 2.75) is 18.6 Å². The van der Waals surface area contributed by atoms with Gasteiger partial charge in [-0.25, -0.2) is 4.98 Å². The summed E-state index contributed by atoms with van der Waals surface area (Å²) in [5.74, 6) is 0.365. The molecular weight excluding hydrogens is 327 g/mol. The van der Waals surface area contributed by atoms with Gasteiger partial charge in [0, 0.05) is 36.3 Å². The first-order valence-corrected chi connectivity index (χ1v) is 7.99. The molecule has 122 valence electrons. The quantitative estimate of drug-likeness (QED) is 0.933. The van der Waals surface area contributed by atoms with Gasteiger partial charge in [-0.1, -0.05) is 0 Å². The molecule has 1 aliphatic rings. The van der Waals surface area contributed by atoms with Gasteiger partial charge in [-0.15, -0.1) is 0 Å². The minimum atomic E-state index is -4.38. The number of thiophene rings is 1. The fourth-order valence-corrected chi connectivity index (χ4v) is 3.13.